The minimum Gasteiger partial charge on any atom is -0.292 e. The van der Waals surface area contributed by atoms with E-state index in [1.807, 2.05) is 25.1 Å². The SMILES string of the molecule is Cc1cccc(CCC(C)NOCC(F)(F)F)c1. The van der Waals surface area contributed by atoms with Gasteiger partial charge < -0.3 is 0 Å². The lowest BCUT2D eigenvalue weighted by Crippen LogP contribution is -2.31. The molecule has 18 heavy (non-hydrogen) atoms. The Balaban J connectivity index is 2.23. The largest absolute Gasteiger partial charge is 0.413 e. The highest BCUT2D eigenvalue weighted by Crippen LogP contribution is 2.14. The molecule has 5 heteroatoms. The summed E-state index contributed by atoms with van der Waals surface area (Å²) < 4.78 is 35.5. The van der Waals surface area contributed by atoms with Crippen LogP contribution >= 0.6 is 0 Å². The molecule has 0 aliphatic carbocycles. The van der Waals surface area contributed by atoms with Crippen LogP contribution in [-0.2, 0) is 11.3 Å². The molecule has 0 aliphatic rings. The maximum atomic E-state index is 11.8. The summed E-state index contributed by atoms with van der Waals surface area (Å²) in [6, 6.07) is 7.95. The van der Waals surface area contributed by atoms with Crippen molar-refractivity contribution in [3.63, 3.8) is 0 Å². The Labute approximate surface area is 105 Å². The van der Waals surface area contributed by atoms with E-state index in [0.29, 0.717) is 0 Å². The average Bonchev–Trinajstić information content (AvgIpc) is 2.25. The maximum absolute atomic E-state index is 11.8. The Bertz CT molecular complexity index is 365. The van der Waals surface area contributed by atoms with Gasteiger partial charge in [0, 0.05) is 6.04 Å². The lowest BCUT2D eigenvalue weighted by Gasteiger charge is -2.14. The van der Waals surface area contributed by atoms with E-state index in [1.54, 1.807) is 6.92 Å². The van der Waals surface area contributed by atoms with Gasteiger partial charge in [0.2, 0.25) is 0 Å². The molecule has 2 nitrogen and oxygen atoms in total. The van der Waals surface area contributed by atoms with Gasteiger partial charge in [-0.1, -0.05) is 29.8 Å². The maximum Gasteiger partial charge on any atom is 0.413 e. The van der Waals surface area contributed by atoms with E-state index in [0.717, 1.165) is 12.8 Å². The van der Waals surface area contributed by atoms with Crippen LogP contribution in [0.3, 0.4) is 0 Å². The first-order valence-corrected chi connectivity index (χ1v) is 5.86. The predicted molar refractivity (Wildman–Crippen MR) is 64.1 cm³/mol. The van der Waals surface area contributed by atoms with Crippen LogP contribution in [0.1, 0.15) is 24.5 Å². The first-order chi connectivity index (χ1) is 8.37. The van der Waals surface area contributed by atoms with Gasteiger partial charge in [0.15, 0.2) is 6.61 Å². The first kappa shape index (κ1) is 15.0. The average molecular weight is 261 g/mol. The normalized spacial score (nSPS) is 13.6. The monoisotopic (exact) mass is 261 g/mol. The Kier molecular flexibility index (Phi) is 5.62. The van der Waals surface area contributed by atoms with E-state index in [2.05, 4.69) is 16.4 Å². The van der Waals surface area contributed by atoms with Crippen LogP contribution in [0.5, 0.6) is 0 Å². The zero-order valence-electron chi connectivity index (χ0n) is 10.6. The standard InChI is InChI=1S/C13H18F3NO/c1-10-4-3-5-12(8-10)7-6-11(2)17-18-9-13(14,15)16/h3-5,8,11,17H,6-7,9H2,1-2H3. The highest BCUT2D eigenvalue weighted by molar-refractivity contribution is 5.22. The molecule has 0 bridgehead atoms. The van der Waals surface area contributed by atoms with Crippen molar-refractivity contribution in [2.45, 2.75) is 38.9 Å². The number of hydrogen-bond donors (Lipinski definition) is 1. The van der Waals surface area contributed by atoms with Crippen molar-refractivity contribution < 1.29 is 18.0 Å². The van der Waals surface area contributed by atoms with Crippen molar-refractivity contribution >= 4 is 0 Å². The molecular weight excluding hydrogens is 243 g/mol. The van der Waals surface area contributed by atoms with Gasteiger partial charge in [0.25, 0.3) is 0 Å². The zero-order valence-corrected chi connectivity index (χ0v) is 10.6. The highest BCUT2D eigenvalue weighted by atomic mass is 19.4. The van der Waals surface area contributed by atoms with Crippen LogP contribution in [0, 0.1) is 6.92 Å². The van der Waals surface area contributed by atoms with Gasteiger partial charge in [-0.05, 0) is 32.3 Å². The van der Waals surface area contributed by atoms with Crippen LogP contribution in [-0.4, -0.2) is 18.8 Å². The van der Waals surface area contributed by atoms with Gasteiger partial charge in [0.05, 0.1) is 0 Å². The summed E-state index contributed by atoms with van der Waals surface area (Å²) in [6.07, 6.45) is -2.75. The molecule has 0 amide bonds. The Morgan fingerprint density at radius 2 is 2.06 bits per heavy atom. The number of hydrogen-bond acceptors (Lipinski definition) is 2. The van der Waals surface area contributed by atoms with E-state index in [4.69, 9.17) is 0 Å². The van der Waals surface area contributed by atoms with Gasteiger partial charge in [-0.2, -0.15) is 18.7 Å². The van der Waals surface area contributed by atoms with Gasteiger partial charge in [0.1, 0.15) is 0 Å². The van der Waals surface area contributed by atoms with Crippen LogP contribution in [0.2, 0.25) is 0 Å². The number of halogens is 3. The van der Waals surface area contributed by atoms with Crippen LogP contribution < -0.4 is 5.48 Å². The molecule has 0 spiro atoms. The van der Waals surface area contributed by atoms with Gasteiger partial charge in [-0.25, -0.2) is 0 Å². The van der Waals surface area contributed by atoms with E-state index in [1.165, 1.54) is 11.1 Å². The summed E-state index contributed by atoms with van der Waals surface area (Å²) in [7, 11) is 0. The topological polar surface area (TPSA) is 21.3 Å². The molecule has 0 radical (unpaired) electrons. The third kappa shape index (κ3) is 6.61. The number of hydroxylamine groups is 1. The van der Waals surface area contributed by atoms with Crippen molar-refractivity contribution in [2.75, 3.05) is 6.61 Å². The molecule has 0 fully saturated rings. The molecule has 1 unspecified atom stereocenters. The molecule has 0 aliphatic heterocycles. The second kappa shape index (κ2) is 6.75. The minimum atomic E-state index is -4.29. The molecule has 1 N–H and O–H groups in total. The Morgan fingerprint density at radius 3 is 2.67 bits per heavy atom. The van der Waals surface area contributed by atoms with Crippen LogP contribution in [0.15, 0.2) is 24.3 Å². The van der Waals surface area contributed by atoms with Gasteiger partial charge in [-0.15, -0.1) is 0 Å². The van der Waals surface area contributed by atoms with Crippen molar-refractivity contribution in [3.8, 4) is 0 Å². The number of aryl methyl sites for hydroxylation is 2. The number of rotatable bonds is 6. The zero-order chi connectivity index (χ0) is 13.6. The molecule has 102 valence electrons. The van der Waals surface area contributed by atoms with E-state index < -0.39 is 12.8 Å². The molecule has 1 atom stereocenters. The van der Waals surface area contributed by atoms with E-state index >= 15 is 0 Å². The molecule has 0 aromatic heterocycles. The number of benzene rings is 1. The van der Waals surface area contributed by atoms with Crippen LogP contribution in [0.25, 0.3) is 0 Å². The molecular formula is C13H18F3NO. The van der Waals surface area contributed by atoms with Crippen molar-refractivity contribution in [2.24, 2.45) is 0 Å². The molecule has 0 saturated heterocycles. The number of alkyl halides is 3. The summed E-state index contributed by atoms with van der Waals surface area (Å²) in [4.78, 5) is 4.40. The van der Waals surface area contributed by atoms with Gasteiger partial charge >= 0.3 is 6.18 Å². The van der Waals surface area contributed by atoms with E-state index in [9.17, 15) is 13.2 Å². The fourth-order valence-corrected chi connectivity index (χ4v) is 1.58. The fraction of sp³-hybridized carbons (Fsp3) is 0.538. The second-order valence-corrected chi connectivity index (χ2v) is 4.45. The Hall–Kier alpha value is -1.07. The molecule has 1 aromatic rings. The summed E-state index contributed by atoms with van der Waals surface area (Å²) in [5, 5.41) is 0. The minimum absolute atomic E-state index is 0.118. The van der Waals surface area contributed by atoms with Crippen LogP contribution in [0.4, 0.5) is 13.2 Å². The molecule has 1 aromatic carbocycles. The summed E-state index contributed by atoms with van der Waals surface area (Å²) >= 11 is 0. The lowest BCUT2D eigenvalue weighted by atomic mass is 10.0. The smallest absolute Gasteiger partial charge is 0.292 e. The van der Waals surface area contributed by atoms with Crippen molar-refractivity contribution in [1.29, 1.82) is 0 Å². The quantitative estimate of drug-likeness (QED) is 0.792. The lowest BCUT2D eigenvalue weighted by molar-refractivity contribution is -0.192. The van der Waals surface area contributed by atoms with Crippen molar-refractivity contribution in [3.05, 3.63) is 35.4 Å². The third-order valence-electron chi connectivity index (χ3n) is 2.47. The number of nitrogens with one attached hydrogen (secondary N) is 1. The predicted octanol–water partition coefficient (Wildman–Crippen LogP) is 3.40. The van der Waals surface area contributed by atoms with Crippen molar-refractivity contribution in [1.82, 2.24) is 5.48 Å². The first-order valence-electron chi connectivity index (χ1n) is 5.86. The summed E-state index contributed by atoms with van der Waals surface area (Å²) in [6.45, 7) is 2.55. The molecule has 0 heterocycles. The highest BCUT2D eigenvalue weighted by Gasteiger charge is 2.27. The Morgan fingerprint density at radius 1 is 1.33 bits per heavy atom. The van der Waals surface area contributed by atoms with Gasteiger partial charge in [-0.3, -0.25) is 4.84 Å². The third-order valence-corrected chi connectivity index (χ3v) is 2.47. The molecule has 0 saturated carbocycles. The summed E-state index contributed by atoms with van der Waals surface area (Å²) in [5.74, 6) is 0. The fourth-order valence-electron chi connectivity index (χ4n) is 1.58. The summed E-state index contributed by atoms with van der Waals surface area (Å²) in [5.41, 5.74) is 4.77. The second-order valence-electron chi connectivity index (χ2n) is 4.45. The molecule has 1 rings (SSSR count). The van der Waals surface area contributed by atoms with E-state index in [-0.39, 0.29) is 6.04 Å².